The van der Waals surface area contributed by atoms with E-state index in [9.17, 15) is 19.5 Å². The van der Waals surface area contributed by atoms with Gasteiger partial charge in [-0.05, 0) is 46.8 Å². The summed E-state index contributed by atoms with van der Waals surface area (Å²) in [5, 5.41) is 9.58. The van der Waals surface area contributed by atoms with Crippen molar-refractivity contribution in [1.29, 1.82) is 0 Å². The molecule has 130 valence electrons. The van der Waals surface area contributed by atoms with Crippen molar-refractivity contribution in [2.45, 2.75) is 19.3 Å². The topological polar surface area (TPSA) is 91.1 Å². The Morgan fingerprint density at radius 2 is 2.21 bits per heavy atom. The summed E-state index contributed by atoms with van der Waals surface area (Å²) < 4.78 is 5.65. The number of likely N-dealkylation sites (N-methyl/N-ethyl adjacent to an activating group) is 1. The number of fused-ring (bicyclic) bond motifs is 1. The highest BCUT2D eigenvalue weighted by Crippen LogP contribution is 2.48. The minimum atomic E-state index is -0.815. The number of carbonyl (C=O) groups is 3. The number of hydrogen-bond acceptors (Lipinski definition) is 4. The molecule has 8 heteroatoms. The summed E-state index contributed by atoms with van der Waals surface area (Å²) in [6.07, 6.45) is 2.35. The predicted molar refractivity (Wildman–Crippen MR) is 87.4 cm³/mol. The molecule has 2 amide bonds. The van der Waals surface area contributed by atoms with E-state index in [0.717, 1.165) is 12.8 Å². The number of aliphatic carboxylic acids is 1. The zero-order chi connectivity index (χ0) is 17.5. The smallest absolute Gasteiger partial charge is 0.311 e. The number of rotatable bonds is 4. The molecule has 0 aromatic carbocycles. The Hall–Kier alpha value is -1.83. The van der Waals surface area contributed by atoms with Gasteiger partial charge in [0.05, 0.1) is 12.0 Å². The Bertz CT molecular complexity index is 688. The van der Waals surface area contributed by atoms with Gasteiger partial charge in [0.15, 0.2) is 10.4 Å². The Balaban J connectivity index is 1.63. The standard InChI is InChI=1S/C16H19BrN2O5/c1-18(14(21)11-4-5-12(17)24-11)8-13(20)19-7-10-3-2-6-16(10,9-19)15(22)23/h4-5,10H,2-3,6-9H2,1H3,(H,22,23)/t10-,16+/m0/s1. The molecule has 1 aromatic heterocycles. The number of furan rings is 1. The number of likely N-dealkylation sites (tertiary alicyclic amines) is 1. The predicted octanol–water partition coefficient (Wildman–Crippen LogP) is 1.83. The summed E-state index contributed by atoms with van der Waals surface area (Å²) >= 11 is 3.13. The second-order valence-electron chi connectivity index (χ2n) is 6.59. The van der Waals surface area contributed by atoms with Crippen LogP contribution in [0, 0.1) is 11.3 Å². The molecule has 1 aliphatic heterocycles. The van der Waals surface area contributed by atoms with Crippen LogP contribution >= 0.6 is 15.9 Å². The highest BCUT2D eigenvalue weighted by atomic mass is 79.9. The monoisotopic (exact) mass is 398 g/mol. The average Bonchev–Trinajstić information content (AvgIpc) is 3.19. The number of carboxylic acid groups (broad SMARTS) is 1. The molecule has 0 bridgehead atoms. The third-order valence-corrected chi connectivity index (χ3v) is 5.58. The van der Waals surface area contributed by atoms with Crippen LogP contribution in [0.15, 0.2) is 21.2 Å². The molecule has 24 heavy (non-hydrogen) atoms. The van der Waals surface area contributed by atoms with Gasteiger partial charge in [0, 0.05) is 20.1 Å². The van der Waals surface area contributed by atoms with Gasteiger partial charge in [-0.3, -0.25) is 14.4 Å². The number of carboxylic acids is 1. The van der Waals surface area contributed by atoms with E-state index >= 15 is 0 Å². The zero-order valence-electron chi connectivity index (χ0n) is 13.3. The summed E-state index contributed by atoms with van der Waals surface area (Å²) in [6.45, 7) is 0.596. The zero-order valence-corrected chi connectivity index (χ0v) is 14.9. The van der Waals surface area contributed by atoms with Crippen LogP contribution in [0.25, 0.3) is 0 Å². The first-order chi connectivity index (χ1) is 11.3. The highest BCUT2D eigenvalue weighted by molar-refractivity contribution is 9.10. The molecule has 0 spiro atoms. The normalized spacial score (nSPS) is 25.6. The van der Waals surface area contributed by atoms with Gasteiger partial charge in [-0.2, -0.15) is 0 Å². The fourth-order valence-corrected chi connectivity index (χ4v) is 4.13. The van der Waals surface area contributed by atoms with Crippen LogP contribution in [-0.4, -0.2) is 59.4 Å². The van der Waals surface area contributed by atoms with Crippen LogP contribution in [0.4, 0.5) is 0 Å². The lowest BCUT2D eigenvalue weighted by Crippen LogP contribution is -2.42. The molecule has 1 N–H and O–H groups in total. The molecule has 3 rings (SSSR count). The lowest BCUT2D eigenvalue weighted by atomic mass is 9.81. The summed E-state index contributed by atoms with van der Waals surface area (Å²) in [5.74, 6) is -1.27. The summed E-state index contributed by atoms with van der Waals surface area (Å²) in [6, 6.07) is 3.15. The first kappa shape index (κ1) is 17.0. The third-order valence-electron chi connectivity index (χ3n) is 5.15. The van der Waals surface area contributed by atoms with Crippen molar-refractivity contribution in [3.8, 4) is 0 Å². The third kappa shape index (κ3) is 2.83. The maximum atomic E-state index is 12.5. The molecule has 0 unspecified atom stereocenters. The molecule has 1 saturated heterocycles. The Morgan fingerprint density at radius 1 is 1.46 bits per heavy atom. The number of amides is 2. The number of hydrogen-bond donors (Lipinski definition) is 1. The first-order valence-electron chi connectivity index (χ1n) is 7.85. The van der Waals surface area contributed by atoms with Gasteiger partial charge < -0.3 is 19.3 Å². The molecule has 2 aliphatic rings. The van der Waals surface area contributed by atoms with Crippen molar-refractivity contribution in [1.82, 2.24) is 9.80 Å². The molecular formula is C16H19BrN2O5. The quantitative estimate of drug-likeness (QED) is 0.834. The molecule has 0 radical (unpaired) electrons. The maximum Gasteiger partial charge on any atom is 0.311 e. The summed E-state index contributed by atoms with van der Waals surface area (Å²) in [4.78, 5) is 39.3. The average molecular weight is 399 g/mol. The van der Waals surface area contributed by atoms with Crippen LogP contribution in [-0.2, 0) is 9.59 Å². The molecule has 2 atom stereocenters. The first-order valence-corrected chi connectivity index (χ1v) is 8.65. The molecule has 2 heterocycles. The van der Waals surface area contributed by atoms with E-state index in [1.165, 1.54) is 18.0 Å². The minimum Gasteiger partial charge on any atom is -0.481 e. The lowest BCUT2D eigenvalue weighted by molar-refractivity contribution is -0.149. The van der Waals surface area contributed by atoms with Crippen LogP contribution in [0.1, 0.15) is 29.8 Å². The van der Waals surface area contributed by atoms with Crippen molar-refractivity contribution in [2.75, 3.05) is 26.7 Å². The largest absolute Gasteiger partial charge is 0.481 e. The molecule has 1 aliphatic carbocycles. The Morgan fingerprint density at radius 3 is 2.79 bits per heavy atom. The van der Waals surface area contributed by atoms with E-state index in [-0.39, 0.29) is 36.6 Å². The van der Waals surface area contributed by atoms with Crippen molar-refractivity contribution < 1.29 is 23.9 Å². The molecular weight excluding hydrogens is 380 g/mol. The second kappa shape index (κ2) is 6.23. The van der Waals surface area contributed by atoms with Crippen molar-refractivity contribution in [3.05, 3.63) is 22.6 Å². The van der Waals surface area contributed by atoms with Crippen molar-refractivity contribution in [3.63, 3.8) is 0 Å². The Labute approximate surface area is 147 Å². The second-order valence-corrected chi connectivity index (χ2v) is 7.37. The van der Waals surface area contributed by atoms with Gasteiger partial charge in [0.2, 0.25) is 5.91 Å². The number of carbonyl (C=O) groups excluding carboxylic acids is 2. The van der Waals surface area contributed by atoms with Gasteiger partial charge >= 0.3 is 5.97 Å². The van der Waals surface area contributed by atoms with E-state index in [4.69, 9.17) is 4.42 Å². The van der Waals surface area contributed by atoms with Gasteiger partial charge in [-0.25, -0.2) is 0 Å². The van der Waals surface area contributed by atoms with Crippen molar-refractivity contribution >= 4 is 33.7 Å². The fraction of sp³-hybridized carbons (Fsp3) is 0.562. The van der Waals surface area contributed by atoms with Gasteiger partial charge in [-0.1, -0.05) is 6.42 Å². The number of nitrogens with zero attached hydrogens (tertiary/aromatic N) is 2. The molecule has 2 fully saturated rings. The SMILES string of the molecule is CN(CC(=O)N1C[C@@H]2CCC[C@@]2(C(=O)O)C1)C(=O)c1ccc(Br)o1. The number of halogens is 1. The van der Waals surface area contributed by atoms with Gasteiger partial charge in [-0.15, -0.1) is 0 Å². The highest BCUT2D eigenvalue weighted by Gasteiger charge is 2.55. The van der Waals surface area contributed by atoms with Gasteiger partial charge in [0.25, 0.3) is 5.91 Å². The lowest BCUT2D eigenvalue weighted by Gasteiger charge is -2.24. The van der Waals surface area contributed by atoms with Crippen LogP contribution in [0.2, 0.25) is 0 Å². The molecule has 1 aromatic rings. The van der Waals surface area contributed by atoms with Crippen LogP contribution in [0.3, 0.4) is 0 Å². The molecule has 1 saturated carbocycles. The van der Waals surface area contributed by atoms with E-state index in [1.54, 1.807) is 11.0 Å². The Kier molecular flexibility index (Phi) is 4.42. The van der Waals surface area contributed by atoms with E-state index < -0.39 is 11.4 Å². The fourth-order valence-electron chi connectivity index (χ4n) is 3.82. The van der Waals surface area contributed by atoms with Crippen LogP contribution < -0.4 is 0 Å². The summed E-state index contributed by atoms with van der Waals surface area (Å²) in [5.41, 5.74) is -0.801. The van der Waals surface area contributed by atoms with Gasteiger partial charge in [0.1, 0.15) is 0 Å². The van der Waals surface area contributed by atoms with E-state index in [2.05, 4.69) is 15.9 Å². The van der Waals surface area contributed by atoms with Crippen molar-refractivity contribution in [2.24, 2.45) is 11.3 Å². The summed E-state index contributed by atoms with van der Waals surface area (Å²) in [7, 11) is 1.53. The van der Waals surface area contributed by atoms with E-state index in [1.807, 2.05) is 0 Å². The maximum absolute atomic E-state index is 12.5. The minimum absolute atomic E-state index is 0.0148. The van der Waals surface area contributed by atoms with Crippen LogP contribution in [0.5, 0.6) is 0 Å². The van der Waals surface area contributed by atoms with E-state index in [0.29, 0.717) is 17.6 Å². The molecule has 7 nitrogen and oxygen atoms in total.